The summed E-state index contributed by atoms with van der Waals surface area (Å²) in [5.74, 6) is 1.61. The van der Waals surface area contributed by atoms with E-state index in [0.29, 0.717) is 17.7 Å². The Morgan fingerprint density at radius 3 is 2.35 bits per heavy atom. The van der Waals surface area contributed by atoms with Gasteiger partial charge in [-0.05, 0) is 49.5 Å². The van der Waals surface area contributed by atoms with Crippen LogP contribution in [-0.2, 0) is 4.79 Å². The van der Waals surface area contributed by atoms with Crippen LogP contribution in [0.15, 0.2) is 30.3 Å². The molecule has 1 aromatic rings. The molecule has 0 aromatic heterocycles. The average Bonchev–Trinajstić information content (AvgIpc) is 2.59. The first-order valence-electron chi connectivity index (χ1n) is 9.04. The normalized spacial score (nSPS) is 22.8. The zero-order valence-electron chi connectivity index (χ0n) is 14.9. The Hall–Kier alpha value is -1.35. The van der Waals surface area contributed by atoms with Crippen molar-refractivity contribution in [3.8, 4) is 0 Å². The highest BCUT2D eigenvalue weighted by Crippen LogP contribution is 2.36. The minimum absolute atomic E-state index is 0.180. The fourth-order valence-corrected chi connectivity index (χ4v) is 3.50. The van der Waals surface area contributed by atoms with Crippen molar-refractivity contribution in [3.05, 3.63) is 35.9 Å². The minimum atomic E-state index is 0.180. The highest BCUT2D eigenvalue weighted by atomic mass is 16.2. The summed E-state index contributed by atoms with van der Waals surface area (Å²) in [6.07, 6.45) is 5.16. The van der Waals surface area contributed by atoms with E-state index in [1.807, 2.05) is 11.9 Å². The molecule has 3 nitrogen and oxygen atoms in total. The van der Waals surface area contributed by atoms with Crippen molar-refractivity contribution in [2.75, 3.05) is 13.6 Å². The van der Waals surface area contributed by atoms with E-state index in [4.69, 9.17) is 5.73 Å². The predicted octanol–water partition coefficient (Wildman–Crippen LogP) is 3.79. The number of carbonyl (C=O) groups excluding carboxylic acids is 1. The van der Waals surface area contributed by atoms with Gasteiger partial charge in [0.15, 0.2) is 0 Å². The van der Waals surface area contributed by atoms with E-state index in [1.54, 1.807) is 0 Å². The number of hydrogen-bond donors (Lipinski definition) is 1. The Balaban J connectivity index is 1.79. The molecule has 1 aliphatic carbocycles. The van der Waals surface area contributed by atoms with E-state index >= 15 is 0 Å². The molecule has 3 heteroatoms. The third-order valence-electron chi connectivity index (χ3n) is 5.38. The smallest absolute Gasteiger partial charge is 0.225 e. The summed E-state index contributed by atoms with van der Waals surface area (Å²) in [6, 6.07) is 10.9. The Kier molecular flexibility index (Phi) is 6.64. The average molecular weight is 316 g/mol. The van der Waals surface area contributed by atoms with Crippen LogP contribution < -0.4 is 5.73 Å². The Morgan fingerprint density at radius 2 is 1.78 bits per heavy atom. The third-order valence-corrected chi connectivity index (χ3v) is 5.38. The molecule has 128 valence electrons. The molecule has 1 atom stereocenters. The molecule has 0 spiro atoms. The zero-order valence-corrected chi connectivity index (χ0v) is 14.9. The van der Waals surface area contributed by atoms with Crippen molar-refractivity contribution in [1.82, 2.24) is 4.90 Å². The van der Waals surface area contributed by atoms with E-state index < -0.39 is 0 Å². The molecular weight excluding hydrogens is 284 g/mol. The molecule has 1 fully saturated rings. The monoisotopic (exact) mass is 316 g/mol. The van der Waals surface area contributed by atoms with Gasteiger partial charge >= 0.3 is 0 Å². The van der Waals surface area contributed by atoms with Crippen LogP contribution in [0.25, 0.3) is 0 Å². The number of benzene rings is 1. The lowest BCUT2D eigenvalue weighted by molar-refractivity contribution is -0.135. The van der Waals surface area contributed by atoms with Gasteiger partial charge < -0.3 is 10.6 Å². The van der Waals surface area contributed by atoms with Gasteiger partial charge in [-0.2, -0.15) is 0 Å². The number of rotatable bonds is 6. The molecule has 0 bridgehead atoms. The lowest BCUT2D eigenvalue weighted by Gasteiger charge is -2.31. The van der Waals surface area contributed by atoms with Gasteiger partial charge in [0.1, 0.15) is 0 Å². The largest absolute Gasteiger partial charge is 0.345 e. The van der Waals surface area contributed by atoms with E-state index in [0.717, 1.165) is 38.6 Å². The van der Waals surface area contributed by atoms with Crippen molar-refractivity contribution in [2.45, 2.75) is 57.9 Å². The first-order chi connectivity index (χ1) is 11.0. The molecule has 0 radical (unpaired) electrons. The van der Waals surface area contributed by atoms with Crippen LogP contribution in [0.5, 0.6) is 0 Å². The SMILES string of the molecule is CC(C)C(N)CCN(C)C(=O)C1CCC(c2ccccc2)CC1. The summed E-state index contributed by atoms with van der Waals surface area (Å²) in [6.45, 7) is 5.05. The molecule has 1 aliphatic rings. The lowest BCUT2D eigenvalue weighted by atomic mass is 9.78. The van der Waals surface area contributed by atoms with Gasteiger partial charge in [-0.3, -0.25) is 4.79 Å². The molecule has 1 amide bonds. The summed E-state index contributed by atoms with van der Waals surface area (Å²) in [5, 5.41) is 0. The fourth-order valence-electron chi connectivity index (χ4n) is 3.50. The van der Waals surface area contributed by atoms with Crippen LogP contribution in [0.4, 0.5) is 0 Å². The lowest BCUT2D eigenvalue weighted by Crippen LogP contribution is -2.38. The second kappa shape index (κ2) is 8.49. The van der Waals surface area contributed by atoms with Gasteiger partial charge in [0.2, 0.25) is 5.91 Å². The summed E-state index contributed by atoms with van der Waals surface area (Å²) in [4.78, 5) is 14.5. The van der Waals surface area contributed by atoms with Crippen LogP contribution in [0.3, 0.4) is 0 Å². The van der Waals surface area contributed by atoms with E-state index in [9.17, 15) is 4.79 Å². The Morgan fingerprint density at radius 1 is 1.17 bits per heavy atom. The van der Waals surface area contributed by atoms with Gasteiger partial charge in [0.25, 0.3) is 0 Å². The number of nitrogens with two attached hydrogens (primary N) is 1. The van der Waals surface area contributed by atoms with Crippen molar-refractivity contribution >= 4 is 5.91 Å². The maximum atomic E-state index is 12.6. The quantitative estimate of drug-likeness (QED) is 0.868. The molecule has 2 rings (SSSR count). The van der Waals surface area contributed by atoms with Crippen molar-refractivity contribution in [2.24, 2.45) is 17.6 Å². The van der Waals surface area contributed by atoms with E-state index in [2.05, 4.69) is 44.2 Å². The molecule has 1 aromatic carbocycles. The second-order valence-corrected chi connectivity index (χ2v) is 7.42. The predicted molar refractivity (Wildman–Crippen MR) is 96.2 cm³/mol. The first kappa shape index (κ1) is 18.0. The summed E-state index contributed by atoms with van der Waals surface area (Å²) < 4.78 is 0. The Bertz CT molecular complexity index is 478. The van der Waals surface area contributed by atoms with E-state index in [1.165, 1.54) is 5.56 Å². The molecule has 1 saturated carbocycles. The van der Waals surface area contributed by atoms with Crippen LogP contribution in [0.2, 0.25) is 0 Å². The standard InChI is InChI=1S/C20H32N2O/c1-15(2)19(21)13-14-22(3)20(23)18-11-9-17(10-12-18)16-7-5-4-6-8-16/h4-8,15,17-19H,9-14,21H2,1-3H3. The van der Waals surface area contributed by atoms with Crippen LogP contribution in [-0.4, -0.2) is 30.4 Å². The Labute approximate surface area is 141 Å². The van der Waals surface area contributed by atoms with Crippen molar-refractivity contribution < 1.29 is 4.79 Å². The number of nitrogens with zero attached hydrogens (tertiary/aromatic N) is 1. The molecule has 0 aliphatic heterocycles. The van der Waals surface area contributed by atoms with Crippen molar-refractivity contribution in [1.29, 1.82) is 0 Å². The maximum absolute atomic E-state index is 12.6. The molecule has 0 saturated heterocycles. The summed E-state index contributed by atoms with van der Waals surface area (Å²) in [5.41, 5.74) is 7.51. The first-order valence-corrected chi connectivity index (χ1v) is 9.04. The highest BCUT2D eigenvalue weighted by molar-refractivity contribution is 5.78. The number of carbonyl (C=O) groups is 1. The fraction of sp³-hybridized carbons (Fsp3) is 0.650. The molecule has 1 unspecified atom stereocenters. The summed E-state index contributed by atoms with van der Waals surface area (Å²) >= 11 is 0. The van der Waals surface area contributed by atoms with Crippen LogP contribution in [0, 0.1) is 11.8 Å². The molecule has 0 heterocycles. The number of hydrogen-bond acceptors (Lipinski definition) is 2. The van der Waals surface area contributed by atoms with Gasteiger partial charge in [-0.1, -0.05) is 44.2 Å². The zero-order chi connectivity index (χ0) is 16.8. The van der Waals surface area contributed by atoms with Crippen molar-refractivity contribution in [3.63, 3.8) is 0 Å². The van der Waals surface area contributed by atoms with Gasteiger partial charge in [0, 0.05) is 25.6 Å². The summed E-state index contributed by atoms with van der Waals surface area (Å²) in [7, 11) is 1.93. The number of amides is 1. The molecular formula is C20H32N2O. The maximum Gasteiger partial charge on any atom is 0.225 e. The highest BCUT2D eigenvalue weighted by Gasteiger charge is 2.28. The third kappa shape index (κ3) is 5.07. The van der Waals surface area contributed by atoms with Gasteiger partial charge in [-0.15, -0.1) is 0 Å². The minimum Gasteiger partial charge on any atom is -0.345 e. The second-order valence-electron chi connectivity index (χ2n) is 7.42. The van der Waals surface area contributed by atoms with Gasteiger partial charge in [-0.25, -0.2) is 0 Å². The molecule has 2 N–H and O–H groups in total. The van der Waals surface area contributed by atoms with Gasteiger partial charge in [0.05, 0.1) is 0 Å². The van der Waals surface area contributed by atoms with E-state index in [-0.39, 0.29) is 12.0 Å². The topological polar surface area (TPSA) is 46.3 Å². The van der Waals surface area contributed by atoms with Crippen LogP contribution in [0.1, 0.15) is 57.4 Å². The molecule has 23 heavy (non-hydrogen) atoms. The van der Waals surface area contributed by atoms with Crippen LogP contribution >= 0.6 is 0 Å².